The predicted molar refractivity (Wildman–Crippen MR) is 86.2 cm³/mol. The van der Waals surface area contributed by atoms with Crippen LogP contribution in [0.2, 0.25) is 0 Å². The van der Waals surface area contributed by atoms with E-state index < -0.39 is 17.5 Å². The van der Waals surface area contributed by atoms with Crippen LogP contribution >= 0.6 is 0 Å². The van der Waals surface area contributed by atoms with Crippen molar-refractivity contribution in [3.05, 3.63) is 54.1 Å². The van der Waals surface area contributed by atoms with Gasteiger partial charge >= 0.3 is 0 Å². The third kappa shape index (κ3) is 3.95. The van der Waals surface area contributed by atoms with E-state index in [4.69, 9.17) is 0 Å². The molecule has 1 fully saturated rings. The predicted octanol–water partition coefficient (Wildman–Crippen LogP) is 3.10. The molecule has 0 bridgehead atoms. The molecule has 6 heteroatoms. The minimum atomic E-state index is -0.464. The largest absolute Gasteiger partial charge is 0.347 e. The minimum absolute atomic E-state index is 0.0263. The van der Waals surface area contributed by atoms with Gasteiger partial charge in [0, 0.05) is 17.2 Å². The van der Waals surface area contributed by atoms with Crippen LogP contribution in [0, 0.1) is 17.6 Å². The van der Waals surface area contributed by atoms with Crippen LogP contribution in [0.4, 0.5) is 14.5 Å². The van der Waals surface area contributed by atoms with Crippen molar-refractivity contribution in [1.82, 2.24) is 5.32 Å². The average molecular weight is 330 g/mol. The van der Waals surface area contributed by atoms with Gasteiger partial charge in [-0.25, -0.2) is 8.78 Å². The van der Waals surface area contributed by atoms with Crippen molar-refractivity contribution in [2.24, 2.45) is 5.92 Å². The van der Waals surface area contributed by atoms with E-state index in [-0.39, 0.29) is 18.4 Å². The number of hydrogen-bond donors (Lipinski definition) is 2. The molecule has 0 spiro atoms. The molecule has 24 heavy (non-hydrogen) atoms. The molecule has 1 aliphatic carbocycles. The fourth-order valence-corrected chi connectivity index (χ4v) is 2.35. The summed E-state index contributed by atoms with van der Waals surface area (Å²) in [5.74, 6) is -1.36. The van der Waals surface area contributed by atoms with E-state index >= 15 is 0 Å². The van der Waals surface area contributed by atoms with Crippen LogP contribution in [0.5, 0.6) is 0 Å². The number of benzene rings is 2. The molecule has 1 saturated carbocycles. The van der Waals surface area contributed by atoms with Crippen molar-refractivity contribution < 1.29 is 18.4 Å². The molecule has 0 heterocycles. The quantitative estimate of drug-likeness (QED) is 0.885. The Balaban J connectivity index is 1.73. The molecule has 4 nitrogen and oxygen atoms in total. The maximum atomic E-state index is 13.6. The maximum Gasteiger partial charge on any atom is 0.243 e. The van der Waals surface area contributed by atoms with Crippen molar-refractivity contribution >= 4 is 17.5 Å². The van der Waals surface area contributed by atoms with Gasteiger partial charge in [0.1, 0.15) is 11.6 Å². The Bertz CT molecular complexity index is 771. The zero-order valence-corrected chi connectivity index (χ0v) is 12.8. The second-order valence-electron chi connectivity index (χ2n) is 5.74. The first-order chi connectivity index (χ1) is 11.5. The van der Waals surface area contributed by atoms with Gasteiger partial charge in [-0.3, -0.25) is 9.59 Å². The van der Waals surface area contributed by atoms with Crippen LogP contribution in [0.15, 0.2) is 42.5 Å². The van der Waals surface area contributed by atoms with Gasteiger partial charge in [0.25, 0.3) is 0 Å². The van der Waals surface area contributed by atoms with Crippen LogP contribution in [0.3, 0.4) is 0 Å². The van der Waals surface area contributed by atoms with Crippen molar-refractivity contribution in [2.75, 3.05) is 11.9 Å². The molecular weight excluding hydrogens is 314 g/mol. The molecule has 0 aliphatic heterocycles. The lowest BCUT2D eigenvalue weighted by atomic mass is 10.0. The van der Waals surface area contributed by atoms with Gasteiger partial charge < -0.3 is 10.6 Å². The van der Waals surface area contributed by atoms with Gasteiger partial charge in [-0.1, -0.05) is 12.1 Å². The third-order valence-corrected chi connectivity index (χ3v) is 3.78. The topological polar surface area (TPSA) is 58.2 Å². The van der Waals surface area contributed by atoms with E-state index in [0.29, 0.717) is 16.8 Å². The lowest BCUT2D eigenvalue weighted by Gasteiger charge is -2.12. The summed E-state index contributed by atoms with van der Waals surface area (Å²) in [6.45, 7) is -0.143. The molecular formula is C18H16F2N2O2. The number of anilines is 1. The number of carbonyl (C=O) groups is 2. The van der Waals surface area contributed by atoms with Crippen LogP contribution in [0.1, 0.15) is 12.8 Å². The highest BCUT2D eigenvalue weighted by atomic mass is 19.1. The molecule has 1 aliphatic rings. The molecule has 0 radical (unpaired) electrons. The Hall–Kier alpha value is -2.76. The number of carbonyl (C=O) groups excluding carboxylic acids is 2. The first kappa shape index (κ1) is 16.1. The van der Waals surface area contributed by atoms with Crippen molar-refractivity contribution in [1.29, 1.82) is 0 Å². The van der Waals surface area contributed by atoms with Crippen LogP contribution in [-0.4, -0.2) is 18.4 Å². The molecule has 3 rings (SSSR count). The molecule has 2 aromatic carbocycles. The van der Waals surface area contributed by atoms with Crippen LogP contribution in [0.25, 0.3) is 11.1 Å². The normalized spacial score (nSPS) is 13.4. The van der Waals surface area contributed by atoms with Gasteiger partial charge in [0.05, 0.1) is 6.54 Å². The summed E-state index contributed by atoms with van der Waals surface area (Å²) in [5.41, 5.74) is 1.42. The minimum Gasteiger partial charge on any atom is -0.347 e. The van der Waals surface area contributed by atoms with Crippen LogP contribution < -0.4 is 10.6 Å². The Labute approximate surface area is 137 Å². The summed E-state index contributed by atoms with van der Waals surface area (Å²) in [6.07, 6.45) is 1.72. The molecule has 2 N–H and O–H groups in total. The Morgan fingerprint density at radius 3 is 2.33 bits per heavy atom. The van der Waals surface area contributed by atoms with E-state index in [2.05, 4.69) is 10.6 Å². The van der Waals surface area contributed by atoms with Gasteiger partial charge in [-0.05, 0) is 48.7 Å². The monoisotopic (exact) mass is 330 g/mol. The molecule has 0 aromatic heterocycles. The van der Waals surface area contributed by atoms with Crippen LogP contribution in [-0.2, 0) is 9.59 Å². The van der Waals surface area contributed by atoms with E-state index in [1.54, 1.807) is 0 Å². The second kappa shape index (κ2) is 6.78. The molecule has 0 saturated heterocycles. The summed E-state index contributed by atoms with van der Waals surface area (Å²) < 4.78 is 26.6. The van der Waals surface area contributed by atoms with Crippen molar-refractivity contribution in [3.8, 4) is 11.1 Å². The average Bonchev–Trinajstić information content (AvgIpc) is 3.40. The Morgan fingerprint density at radius 1 is 1.00 bits per heavy atom. The molecule has 124 valence electrons. The van der Waals surface area contributed by atoms with E-state index in [9.17, 15) is 18.4 Å². The van der Waals surface area contributed by atoms with Crippen molar-refractivity contribution in [2.45, 2.75) is 12.8 Å². The maximum absolute atomic E-state index is 13.6. The van der Waals surface area contributed by atoms with E-state index in [1.807, 2.05) is 0 Å². The fraction of sp³-hybridized carbons (Fsp3) is 0.222. The first-order valence-electron chi connectivity index (χ1n) is 7.66. The van der Waals surface area contributed by atoms with Gasteiger partial charge in [0.15, 0.2) is 0 Å². The van der Waals surface area contributed by atoms with Gasteiger partial charge in [-0.15, -0.1) is 0 Å². The standard InChI is InChI=1S/C18H16F2N2O2/c19-13-5-3-11(4-6-13)15-9-14(20)7-8-16(15)22-17(23)10-21-18(24)12-1-2-12/h3-9,12H,1-2,10H2,(H,21,24)(H,22,23). The van der Waals surface area contributed by atoms with E-state index in [1.165, 1.54) is 42.5 Å². The molecule has 2 aromatic rings. The third-order valence-electron chi connectivity index (χ3n) is 3.78. The number of hydrogen-bond acceptors (Lipinski definition) is 2. The zero-order chi connectivity index (χ0) is 17.1. The SMILES string of the molecule is O=C(CNC(=O)C1CC1)Nc1ccc(F)cc1-c1ccc(F)cc1. The Morgan fingerprint density at radius 2 is 1.67 bits per heavy atom. The van der Waals surface area contributed by atoms with Gasteiger partial charge in [0.2, 0.25) is 11.8 Å². The number of amides is 2. The molecule has 2 amide bonds. The summed E-state index contributed by atoms with van der Waals surface area (Å²) in [6, 6.07) is 9.48. The molecule has 0 atom stereocenters. The number of nitrogens with one attached hydrogen (secondary N) is 2. The van der Waals surface area contributed by atoms with E-state index in [0.717, 1.165) is 12.8 Å². The summed E-state index contributed by atoms with van der Waals surface area (Å²) >= 11 is 0. The number of rotatable bonds is 5. The first-order valence-corrected chi connectivity index (χ1v) is 7.66. The number of halogens is 2. The Kier molecular flexibility index (Phi) is 4.55. The molecule has 0 unspecified atom stereocenters. The zero-order valence-electron chi connectivity index (χ0n) is 12.8. The fourth-order valence-electron chi connectivity index (χ4n) is 2.35. The summed E-state index contributed by atoms with van der Waals surface area (Å²) in [4.78, 5) is 23.6. The summed E-state index contributed by atoms with van der Waals surface area (Å²) in [5, 5.41) is 5.22. The highest BCUT2D eigenvalue weighted by Crippen LogP contribution is 2.30. The lowest BCUT2D eigenvalue weighted by molar-refractivity contribution is -0.125. The summed E-state index contributed by atoms with van der Waals surface area (Å²) in [7, 11) is 0. The smallest absolute Gasteiger partial charge is 0.243 e. The lowest BCUT2D eigenvalue weighted by Crippen LogP contribution is -2.33. The van der Waals surface area contributed by atoms with Crippen molar-refractivity contribution in [3.63, 3.8) is 0 Å². The second-order valence-corrected chi connectivity index (χ2v) is 5.74. The highest BCUT2D eigenvalue weighted by molar-refractivity contribution is 5.98. The highest BCUT2D eigenvalue weighted by Gasteiger charge is 2.29. The van der Waals surface area contributed by atoms with Gasteiger partial charge in [-0.2, -0.15) is 0 Å².